The Morgan fingerprint density at radius 3 is 2.50 bits per heavy atom. The summed E-state index contributed by atoms with van der Waals surface area (Å²) < 4.78 is 11.2. The smallest absolute Gasteiger partial charge is 0.225 e. The summed E-state index contributed by atoms with van der Waals surface area (Å²) in [5.41, 5.74) is 1.16. The molecule has 6 heteroatoms. The van der Waals surface area contributed by atoms with Crippen molar-refractivity contribution >= 4 is 5.95 Å². The van der Waals surface area contributed by atoms with Crippen LogP contribution in [0.2, 0.25) is 0 Å². The topological polar surface area (TPSA) is 50.7 Å². The van der Waals surface area contributed by atoms with Gasteiger partial charge in [0.15, 0.2) is 0 Å². The number of nitrogens with zero attached hydrogens (tertiary/aromatic N) is 4. The van der Waals surface area contributed by atoms with Gasteiger partial charge in [0.1, 0.15) is 17.6 Å². The molecule has 0 saturated carbocycles. The third kappa shape index (κ3) is 4.07. The monoisotopic (exact) mass is 354 g/mol. The van der Waals surface area contributed by atoms with E-state index in [4.69, 9.17) is 9.47 Å². The first-order valence-corrected chi connectivity index (χ1v) is 9.39. The van der Waals surface area contributed by atoms with Crippen molar-refractivity contribution in [1.29, 1.82) is 0 Å². The number of aromatic nitrogens is 2. The number of benzene rings is 1. The van der Waals surface area contributed by atoms with Gasteiger partial charge in [0.2, 0.25) is 5.95 Å². The Labute approximate surface area is 154 Å². The fraction of sp³-hybridized carbons (Fsp3) is 0.500. The van der Waals surface area contributed by atoms with Crippen LogP contribution >= 0.6 is 0 Å². The van der Waals surface area contributed by atoms with Crippen LogP contribution in [0.15, 0.2) is 36.7 Å². The molecule has 1 aromatic heterocycles. The molecular weight excluding hydrogens is 328 g/mol. The van der Waals surface area contributed by atoms with Gasteiger partial charge in [0.05, 0.1) is 7.11 Å². The molecule has 0 N–H and O–H groups in total. The minimum Gasteiger partial charge on any atom is -0.497 e. The average molecular weight is 354 g/mol. The number of hydrogen-bond donors (Lipinski definition) is 0. The highest BCUT2D eigenvalue weighted by Gasteiger charge is 2.28. The van der Waals surface area contributed by atoms with Crippen LogP contribution in [0.1, 0.15) is 24.8 Å². The highest BCUT2D eigenvalue weighted by Crippen LogP contribution is 2.23. The molecule has 0 amide bonds. The molecule has 0 bridgehead atoms. The fourth-order valence-corrected chi connectivity index (χ4v) is 3.54. The summed E-state index contributed by atoms with van der Waals surface area (Å²) in [5.74, 6) is 2.56. The Kier molecular flexibility index (Phi) is 5.20. The van der Waals surface area contributed by atoms with E-state index in [-0.39, 0.29) is 6.10 Å². The van der Waals surface area contributed by atoms with Crippen LogP contribution < -0.4 is 14.4 Å². The molecule has 2 aromatic rings. The number of ether oxygens (including phenoxy) is 2. The Balaban J connectivity index is 1.24. The molecule has 4 rings (SSSR count). The minimum atomic E-state index is 0.232. The van der Waals surface area contributed by atoms with Gasteiger partial charge < -0.3 is 14.4 Å². The van der Waals surface area contributed by atoms with Crippen molar-refractivity contribution < 1.29 is 9.47 Å². The van der Waals surface area contributed by atoms with Crippen LogP contribution in [-0.2, 0) is 6.54 Å². The summed E-state index contributed by atoms with van der Waals surface area (Å²) >= 11 is 0. The Morgan fingerprint density at radius 1 is 1.04 bits per heavy atom. The molecule has 6 nitrogen and oxygen atoms in total. The molecule has 0 aliphatic carbocycles. The lowest BCUT2D eigenvalue weighted by Gasteiger charge is -2.39. The van der Waals surface area contributed by atoms with Gasteiger partial charge in [-0.1, -0.05) is 6.07 Å². The summed E-state index contributed by atoms with van der Waals surface area (Å²) in [6.45, 7) is 4.87. The lowest BCUT2D eigenvalue weighted by molar-refractivity contribution is 0.0143. The van der Waals surface area contributed by atoms with E-state index < -0.39 is 0 Å². The number of rotatable bonds is 6. The van der Waals surface area contributed by atoms with E-state index >= 15 is 0 Å². The number of hydrogen-bond acceptors (Lipinski definition) is 6. The van der Waals surface area contributed by atoms with Crippen LogP contribution in [0.25, 0.3) is 0 Å². The van der Waals surface area contributed by atoms with Crippen LogP contribution in [-0.4, -0.2) is 54.3 Å². The summed E-state index contributed by atoms with van der Waals surface area (Å²) in [6, 6.07) is 7.77. The van der Waals surface area contributed by atoms with Crippen molar-refractivity contribution in [3.05, 3.63) is 42.2 Å². The molecule has 2 saturated heterocycles. The van der Waals surface area contributed by atoms with E-state index in [0.717, 1.165) is 55.7 Å². The van der Waals surface area contributed by atoms with Crippen LogP contribution in [0.5, 0.6) is 11.5 Å². The zero-order valence-electron chi connectivity index (χ0n) is 15.3. The molecule has 26 heavy (non-hydrogen) atoms. The second kappa shape index (κ2) is 7.91. The zero-order chi connectivity index (χ0) is 17.8. The van der Waals surface area contributed by atoms with E-state index in [1.165, 1.54) is 19.3 Å². The summed E-state index contributed by atoms with van der Waals surface area (Å²) in [5, 5.41) is 0. The number of anilines is 1. The molecule has 2 fully saturated rings. The van der Waals surface area contributed by atoms with E-state index in [2.05, 4.69) is 19.8 Å². The maximum atomic E-state index is 6.00. The number of likely N-dealkylation sites (tertiary alicyclic amines) is 1. The molecule has 1 aromatic carbocycles. The van der Waals surface area contributed by atoms with Crippen LogP contribution in [0.3, 0.4) is 0 Å². The fourth-order valence-electron chi connectivity index (χ4n) is 3.54. The maximum Gasteiger partial charge on any atom is 0.225 e. The third-order valence-electron chi connectivity index (χ3n) is 5.00. The molecule has 0 atom stereocenters. The lowest BCUT2D eigenvalue weighted by Crippen LogP contribution is -2.53. The van der Waals surface area contributed by atoms with Crippen molar-refractivity contribution in [3.8, 4) is 11.5 Å². The number of methoxy groups -OCH3 is 1. The molecule has 138 valence electrons. The van der Waals surface area contributed by atoms with Crippen molar-refractivity contribution in [2.24, 2.45) is 0 Å². The van der Waals surface area contributed by atoms with Gasteiger partial charge in [-0.25, -0.2) is 9.97 Å². The minimum absolute atomic E-state index is 0.232. The van der Waals surface area contributed by atoms with E-state index in [1.54, 1.807) is 7.11 Å². The second-order valence-corrected chi connectivity index (χ2v) is 7.05. The predicted octanol–water partition coefficient (Wildman–Crippen LogP) is 2.74. The van der Waals surface area contributed by atoms with Gasteiger partial charge in [0.25, 0.3) is 0 Å². The summed E-state index contributed by atoms with van der Waals surface area (Å²) in [4.78, 5) is 13.8. The Morgan fingerprint density at radius 2 is 1.77 bits per heavy atom. The highest BCUT2D eigenvalue weighted by atomic mass is 16.5. The van der Waals surface area contributed by atoms with Gasteiger partial charge in [-0.2, -0.15) is 0 Å². The molecular formula is C20H26N4O2. The first-order valence-electron chi connectivity index (χ1n) is 9.39. The highest BCUT2D eigenvalue weighted by molar-refractivity contribution is 5.33. The van der Waals surface area contributed by atoms with Gasteiger partial charge in [-0.15, -0.1) is 0 Å². The Hall–Kier alpha value is -2.34. The molecule has 2 aliphatic heterocycles. The van der Waals surface area contributed by atoms with Crippen molar-refractivity contribution in [3.63, 3.8) is 0 Å². The van der Waals surface area contributed by atoms with Gasteiger partial charge in [-0.05, 0) is 31.4 Å². The molecule has 0 radical (unpaired) electrons. The molecule has 0 unspecified atom stereocenters. The number of piperidine rings is 1. The first kappa shape index (κ1) is 17.1. The molecule has 3 heterocycles. The second-order valence-electron chi connectivity index (χ2n) is 7.05. The van der Waals surface area contributed by atoms with Crippen molar-refractivity contribution in [2.45, 2.75) is 31.9 Å². The van der Waals surface area contributed by atoms with Crippen molar-refractivity contribution in [2.75, 3.05) is 38.2 Å². The first-order chi connectivity index (χ1) is 12.8. The van der Waals surface area contributed by atoms with Gasteiger partial charge in [0, 0.05) is 56.7 Å². The molecule has 2 aliphatic rings. The van der Waals surface area contributed by atoms with E-state index in [9.17, 15) is 0 Å². The summed E-state index contributed by atoms with van der Waals surface area (Å²) in [7, 11) is 1.67. The quantitative estimate of drug-likeness (QED) is 0.795. The van der Waals surface area contributed by atoms with Gasteiger partial charge in [-0.3, -0.25) is 4.90 Å². The van der Waals surface area contributed by atoms with Gasteiger partial charge >= 0.3 is 0 Å². The SMILES string of the molecule is COc1cccc(OC2CN(Cc3cnc(N4CCCCC4)nc3)C2)c1. The lowest BCUT2D eigenvalue weighted by atomic mass is 10.1. The van der Waals surface area contributed by atoms with E-state index in [0.29, 0.717) is 0 Å². The standard InChI is InChI=1S/C20H26N4O2/c1-25-17-6-5-7-18(10-17)26-19-14-23(15-19)13-16-11-21-20(22-12-16)24-8-3-2-4-9-24/h5-7,10-12,19H,2-4,8-9,13-15H2,1H3. The maximum absolute atomic E-state index is 6.00. The molecule has 0 spiro atoms. The normalized spacial score (nSPS) is 18.4. The zero-order valence-corrected chi connectivity index (χ0v) is 15.3. The van der Waals surface area contributed by atoms with Crippen molar-refractivity contribution in [1.82, 2.24) is 14.9 Å². The average Bonchev–Trinajstić information content (AvgIpc) is 2.68. The Bertz CT molecular complexity index is 710. The van der Waals surface area contributed by atoms with Crippen LogP contribution in [0, 0.1) is 0 Å². The summed E-state index contributed by atoms with van der Waals surface area (Å²) in [6.07, 6.45) is 7.97. The van der Waals surface area contributed by atoms with Crippen LogP contribution in [0.4, 0.5) is 5.95 Å². The largest absolute Gasteiger partial charge is 0.497 e. The predicted molar refractivity (Wildman–Crippen MR) is 101 cm³/mol. The van der Waals surface area contributed by atoms with E-state index in [1.807, 2.05) is 36.7 Å². The third-order valence-corrected chi connectivity index (χ3v) is 5.00.